The van der Waals surface area contributed by atoms with E-state index in [1.807, 2.05) is 11.0 Å². The Labute approximate surface area is 185 Å². The minimum absolute atomic E-state index is 0.0618. The molecule has 32 heavy (non-hydrogen) atoms. The van der Waals surface area contributed by atoms with E-state index in [-0.39, 0.29) is 12.5 Å². The van der Waals surface area contributed by atoms with Crippen LogP contribution in [0.4, 0.5) is 11.5 Å². The molecule has 166 valence electrons. The number of nitrogens with zero attached hydrogens (tertiary/aromatic N) is 9. The van der Waals surface area contributed by atoms with E-state index in [0.29, 0.717) is 24.8 Å². The van der Waals surface area contributed by atoms with Crippen LogP contribution in [0.3, 0.4) is 0 Å². The third-order valence-corrected chi connectivity index (χ3v) is 5.76. The zero-order valence-electron chi connectivity index (χ0n) is 17.7. The highest BCUT2D eigenvalue weighted by atomic mass is 16.5. The Bertz CT molecular complexity index is 1030. The van der Waals surface area contributed by atoms with E-state index in [9.17, 15) is 4.79 Å². The van der Waals surface area contributed by atoms with Crippen molar-refractivity contribution < 1.29 is 9.53 Å². The second-order valence-electron chi connectivity index (χ2n) is 7.80. The van der Waals surface area contributed by atoms with E-state index in [2.05, 4.69) is 41.4 Å². The fraction of sp³-hybridized carbons (Fsp3) is 0.429. The minimum atomic E-state index is -0.0638. The monoisotopic (exact) mass is 435 g/mol. The van der Waals surface area contributed by atoms with Gasteiger partial charge in [0.1, 0.15) is 0 Å². The summed E-state index contributed by atoms with van der Waals surface area (Å²) in [5, 5.41) is 20.7. The van der Waals surface area contributed by atoms with Crippen molar-refractivity contribution in [3.8, 4) is 11.7 Å². The number of carbonyl (C=O) groups excluding carboxylic acids is 1. The third kappa shape index (κ3) is 4.46. The van der Waals surface area contributed by atoms with Crippen LogP contribution in [0.15, 0.2) is 42.9 Å². The predicted octanol–water partition coefficient (Wildman–Crippen LogP) is 0.780. The molecular weight excluding hydrogens is 410 g/mol. The quantitative estimate of drug-likeness (QED) is 0.555. The minimum Gasteiger partial charge on any atom is -0.466 e. The highest BCUT2D eigenvalue weighted by Crippen LogP contribution is 2.23. The zero-order valence-corrected chi connectivity index (χ0v) is 17.7. The number of rotatable bonds is 6. The van der Waals surface area contributed by atoms with Crippen molar-refractivity contribution in [2.45, 2.75) is 12.8 Å². The SMILES string of the molecule is O=C(COc1ccc(-n2cccn2)nn1)N1CCN(c2cnnc(N3CCCC3)c2)CC1. The van der Waals surface area contributed by atoms with Crippen molar-refractivity contribution in [1.82, 2.24) is 35.1 Å². The Hall–Kier alpha value is -3.76. The summed E-state index contributed by atoms with van der Waals surface area (Å²) in [4.78, 5) is 18.9. The van der Waals surface area contributed by atoms with Crippen LogP contribution in [0.2, 0.25) is 0 Å². The van der Waals surface area contributed by atoms with Gasteiger partial charge >= 0.3 is 0 Å². The summed E-state index contributed by atoms with van der Waals surface area (Å²) in [7, 11) is 0. The third-order valence-electron chi connectivity index (χ3n) is 5.76. The molecule has 5 heterocycles. The molecule has 0 unspecified atom stereocenters. The molecule has 3 aromatic rings. The van der Waals surface area contributed by atoms with Crippen LogP contribution in [-0.2, 0) is 4.79 Å². The summed E-state index contributed by atoms with van der Waals surface area (Å²) in [5.74, 6) is 1.77. The largest absolute Gasteiger partial charge is 0.466 e. The number of ether oxygens (including phenoxy) is 1. The molecule has 2 aliphatic rings. The maximum atomic E-state index is 12.6. The predicted molar refractivity (Wildman–Crippen MR) is 117 cm³/mol. The van der Waals surface area contributed by atoms with Gasteiger partial charge in [-0.1, -0.05) is 0 Å². The second-order valence-corrected chi connectivity index (χ2v) is 7.80. The summed E-state index contributed by atoms with van der Waals surface area (Å²) in [5.41, 5.74) is 1.05. The molecule has 0 aromatic carbocycles. The van der Waals surface area contributed by atoms with E-state index in [1.54, 1.807) is 35.4 Å². The molecule has 2 fully saturated rings. The highest BCUT2D eigenvalue weighted by Gasteiger charge is 2.23. The van der Waals surface area contributed by atoms with Crippen LogP contribution < -0.4 is 14.5 Å². The molecule has 3 aromatic heterocycles. The molecule has 0 radical (unpaired) electrons. The number of hydrogen-bond donors (Lipinski definition) is 0. The van der Waals surface area contributed by atoms with Gasteiger partial charge in [0, 0.05) is 63.8 Å². The molecule has 1 amide bonds. The Morgan fingerprint density at radius 2 is 1.78 bits per heavy atom. The molecule has 11 heteroatoms. The fourth-order valence-corrected chi connectivity index (χ4v) is 3.98. The van der Waals surface area contributed by atoms with Gasteiger partial charge in [0.05, 0.1) is 11.9 Å². The summed E-state index contributed by atoms with van der Waals surface area (Å²) in [6.07, 6.45) is 7.65. The van der Waals surface area contributed by atoms with E-state index in [4.69, 9.17) is 4.74 Å². The molecule has 0 spiro atoms. The van der Waals surface area contributed by atoms with E-state index in [0.717, 1.165) is 37.7 Å². The first kappa shape index (κ1) is 20.2. The second kappa shape index (κ2) is 9.16. The lowest BCUT2D eigenvalue weighted by Gasteiger charge is -2.36. The first-order valence-electron chi connectivity index (χ1n) is 10.8. The molecule has 11 nitrogen and oxygen atoms in total. The lowest BCUT2D eigenvalue weighted by molar-refractivity contribution is -0.133. The maximum Gasteiger partial charge on any atom is 0.260 e. The van der Waals surface area contributed by atoms with Gasteiger partial charge in [0.2, 0.25) is 5.88 Å². The summed E-state index contributed by atoms with van der Waals surface area (Å²) >= 11 is 0. The molecule has 5 rings (SSSR count). The number of aromatic nitrogens is 6. The molecule has 0 bridgehead atoms. The summed E-state index contributed by atoms with van der Waals surface area (Å²) in [6.45, 7) is 4.77. The fourth-order valence-electron chi connectivity index (χ4n) is 3.98. The molecule has 0 saturated carbocycles. The van der Waals surface area contributed by atoms with Crippen molar-refractivity contribution in [2.24, 2.45) is 0 Å². The van der Waals surface area contributed by atoms with Gasteiger partial charge in [-0.2, -0.15) is 10.2 Å². The first-order valence-corrected chi connectivity index (χ1v) is 10.8. The highest BCUT2D eigenvalue weighted by molar-refractivity contribution is 5.78. The Balaban J connectivity index is 1.11. The molecular formula is C21H25N9O2. The van der Waals surface area contributed by atoms with Crippen LogP contribution in [0.25, 0.3) is 5.82 Å². The van der Waals surface area contributed by atoms with Crippen molar-refractivity contribution in [3.63, 3.8) is 0 Å². The number of piperazine rings is 1. The average Bonchev–Trinajstić information content (AvgIpc) is 3.58. The number of amides is 1. The smallest absolute Gasteiger partial charge is 0.260 e. The summed E-state index contributed by atoms with van der Waals surface area (Å²) in [6, 6.07) is 7.34. The first-order chi connectivity index (χ1) is 15.8. The lowest BCUT2D eigenvalue weighted by atomic mass is 10.2. The molecule has 0 aliphatic carbocycles. The van der Waals surface area contributed by atoms with E-state index < -0.39 is 0 Å². The maximum absolute atomic E-state index is 12.6. The molecule has 2 saturated heterocycles. The Kier molecular flexibility index (Phi) is 5.77. The van der Waals surface area contributed by atoms with E-state index in [1.165, 1.54) is 12.8 Å². The van der Waals surface area contributed by atoms with Crippen LogP contribution in [0, 0.1) is 0 Å². The molecule has 0 N–H and O–H groups in total. The molecule has 0 atom stereocenters. The van der Waals surface area contributed by atoms with Crippen LogP contribution in [0.1, 0.15) is 12.8 Å². The Morgan fingerprint density at radius 1 is 0.938 bits per heavy atom. The van der Waals surface area contributed by atoms with Crippen molar-refractivity contribution in [2.75, 3.05) is 55.7 Å². The van der Waals surface area contributed by atoms with Crippen LogP contribution in [0.5, 0.6) is 5.88 Å². The van der Waals surface area contributed by atoms with Gasteiger partial charge in [-0.05, 0) is 25.0 Å². The number of anilines is 2. The van der Waals surface area contributed by atoms with Gasteiger partial charge in [-0.25, -0.2) is 4.68 Å². The van der Waals surface area contributed by atoms with Gasteiger partial charge in [0.15, 0.2) is 18.2 Å². The van der Waals surface area contributed by atoms with Gasteiger partial charge in [0.25, 0.3) is 5.91 Å². The standard InChI is InChI=1S/C21H25N9O2/c31-21(16-32-20-5-4-18(25-26-20)30-9-3-6-23-30)29-12-10-27(11-13-29)17-14-19(24-22-15-17)28-7-1-2-8-28/h3-6,9,14-15H,1-2,7-8,10-13,16H2. The average molecular weight is 435 g/mol. The zero-order chi connectivity index (χ0) is 21.8. The van der Waals surface area contributed by atoms with Crippen molar-refractivity contribution in [3.05, 3.63) is 42.9 Å². The number of carbonyl (C=O) groups is 1. The number of hydrogen-bond acceptors (Lipinski definition) is 9. The van der Waals surface area contributed by atoms with Gasteiger partial charge in [-0.15, -0.1) is 15.3 Å². The van der Waals surface area contributed by atoms with E-state index >= 15 is 0 Å². The van der Waals surface area contributed by atoms with Crippen molar-refractivity contribution >= 4 is 17.4 Å². The lowest BCUT2D eigenvalue weighted by Crippen LogP contribution is -2.50. The summed E-state index contributed by atoms with van der Waals surface area (Å²) < 4.78 is 7.15. The van der Waals surface area contributed by atoms with Gasteiger partial charge in [-0.3, -0.25) is 4.79 Å². The normalized spacial score (nSPS) is 16.4. The van der Waals surface area contributed by atoms with Crippen molar-refractivity contribution in [1.29, 1.82) is 0 Å². The Morgan fingerprint density at radius 3 is 2.50 bits per heavy atom. The molecule has 2 aliphatic heterocycles. The van der Waals surface area contributed by atoms with Gasteiger partial charge < -0.3 is 19.4 Å². The van der Waals surface area contributed by atoms with Crippen LogP contribution in [-0.4, -0.2) is 86.9 Å². The van der Waals surface area contributed by atoms with Crippen LogP contribution >= 0.6 is 0 Å². The topological polar surface area (TPSA) is 105 Å².